The number of benzene rings is 11. The maximum absolute atomic E-state index is 14.7. The number of rotatable bonds is 6. The largest absolute Gasteiger partial charge is 0.417 e. The van der Waals surface area contributed by atoms with Gasteiger partial charge in [-0.25, -0.2) is 9.97 Å². The average molecular weight is 1060 g/mol. The van der Waals surface area contributed by atoms with Gasteiger partial charge in [0.2, 0.25) is 0 Å². The molecular weight excluding hydrogens is 1020 g/mol. The number of hydrogen-bond donors (Lipinski definition) is 0. The lowest BCUT2D eigenvalue weighted by molar-refractivity contribution is -0.137. The van der Waals surface area contributed by atoms with E-state index < -0.39 is 23.5 Å². The second kappa shape index (κ2) is 17.5. The number of para-hydroxylation sites is 4. The Morgan fingerprint density at radius 2 is 0.646 bits per heavy atom. The van der Waals surface area contributed by atoms with Crippen molar-refractivity contribution in [3.8, 4) is 54.5 Å². The Hall–Kier alpha value is -9.58. The van der Waals surface area contributed by atoms with Crippen LogP contribution in [0, 0.1) is 0 Å². The molecule has 11 heteroatoms. The van der Waals surface area contributed by atoms with Crippen molar-refractivity contribution in [3.05, 3.63) is 242 Å². The summed E-state index contributed by atoms with van der Waals surface area (Å²) in [6.07, 6.45) is -9.28. The zero-order chi connectivity index (χ0) is 53.3. The van der Waals surface area contributed by atoms with Crippen LogP contribution in [0.3, 0.4) is 0 Å². The van der Waals surface area contributed by atoms with E-state index in [-0.39, 0.29) is 11.1 Å². The second-order valence-corrected chi connectivity index (χ2v) is 20.8. The van der Waals surface area contributed by atoms with Crippen LogP contribution in [0.1, 0.15) is 11.1 Å². The van der Waals surface area contributed by atoms with Crippen LogP contribution in [0.4, 0.5) is 26.3 Å². The summed E-state index contributed by atoms with van der Waals surface area (Å²) in [4.78, 5) is 12.9. The van der Waals surface area contributed by atoms with Crippen molar-refractivity contribution < 1.29 is 26.3 Å². The molecule has 11 aromatic carbocycles. The first-order valence-electron chi connectivity index (χ1n) is 25.6. The topological polar surface area (TPSA) is 35.6 Å². The molecule has 0 spiro atoms. The molecule has 0 aliphatic rings. The predicted molar refractivity (Wildman–Crippen MR) is 310 cm³/mol. The molecule has 15 aromatic rings. The summed E-state index contributed by atoms with van der Waals surface area (Å²) in [5, 5.41) is 6.71. The first-order valence-corrected chi connectivity index (χ1v) is 26.4. The maximum Gasteiger partial charge on any atom is 0.417 e. The van der Waals surface area contributed by atoms with Gasteiger partial charge in [0.05, 0.1) is 54.0 Å². The first-order chi connectivity index (χ1) is 38.5. The van der Waals surface area contributed by atoms with E-state index in [2.05, 4.69) is 94.1 Å². The molecule has 0 fully saturated rings. The van der Waals surface area contributed by atoms with E-state index in [1.807, 2.05) is 60.7 Å². The second-order valence-electron chi connectivity index (χ2n) is 19.8. The van der Waals surface area contributed by atoms with Crippen molar-refractivity contribution in [2.24, 2.45) is 0 Å². The number of alkyl halides is 6. The van der Waals surface area contributed by atoms with Gasteiger partial charge in [0, 0.05) is 43.7 Å². The van der Waals surface area contributed by atoms with Crippen molar-refractivity contribution in [1.29, 1.82) is 0 Å². The lowest BCUT2D eigenvalue weighted by Crippen LogP contribution is -2.07. The Morgan fingerprint density at radius 3 is 1.08 bits per heavy atom. The minimum atomic E-state index is -4.64. The molecule has 0 unspecified atom stereocenters. The third-order valence-electron chi connectivity index (χ3n) is 15.4. The van der Waals surface area contributed by atoms with Crippen LogP contribution < -0.4 is 0 Å². The van der Waals surface area contributed by atoms with E-state index in [0.29, 0.717) is 54.7 Å². The van der Waals surface area contributed by atoms with Crippen molar-refractivity contribution in [2.45, 2.75) is 12.4 Å². The van der Waals surface area contributed by atoms with E-state index >= 15 is 0 Å². The fourth-order valence-electron chi connectivity index (χ4n) is 11.9. The average Bonchev–Trinajstić information content (AvgIpc) is 4.22. The molecule has 0 radical (unpaired) electrons. The molecule has 378 valence electrons. The first kappa shape index (κ1) is 46.7. The molecule has 4 nitrogen and oxygen atoms in total. The lowest BCUT2D eigenvalue weighted by atomic mass is 9.91. The Morgan fingerprint density at radius 1 is 0.291 bits per heavy atom. The molecule has 0 bridgehead atoms. The Balaban J connectivity index is 1.07. The molecule has 0 saturated heterocycles. The molecule has 0 aliphatic heterocycles. The summed E-state index contributed by atoms with van der Waals surface area (Å²) >= 11 is 1.55. The SMILES string of the molecule is FC(F)(F)c1ccccc1-c1ccc2c3ccc(-c4ccccc4C(F)(F)F)cc3c3nc4c(-c5ccc6c7ccccc7n(-c7ccccc7)c6c5)sc(-c5ccc6c7ccccc7n(-c7ccccc7)c6c5)c4nc3c2c1. The third-order valence-corrected chi connectivity index (χ3v) is 16.6. The number of nitrogens with zero attached hydrogens (tertiary/aromatic N) is 4. The van der Waals surface area contributed by atoms with Crippen molar-refractivity contribution >= 4 is 98.6 Å². The van der Waals surface area contributed by atoms with Crippen molar-refractivity contribution in [2.75, 3.05) is 0 Å². The van der Waals surface area contributed by atoms with Crippen LogP contribution >= 0.6 is 11.3 Å². The van der Waals surface area contributed by atoms with E-state index in [4.69, 9.17) is 9.97 Å². The molecule has 4 heterocycles. The monoisotopic (exact) mass is 1060 g/mol. The minimum absolute atomic E-state index is 0.00205. The highest BCUT2D eigenvalue weighted by Crippen LogP contribution is 2.49. The molecule has 4 aromatic heterocycles. The zero-order valence-corrected chi connectivity index (χ0v) is 42.2. The lowest BCUT2D eigenvalue weighted by Gasteiger charge is -2.16. The molecule has 0 atom stereocenters. The van der Waals surface area contributed by atoms with Gasteiger partial charge in [-0.1, -0.05) is 158 Å². The molecule has 0 N–H and O–H groups in total. The van der Waals surface area contributed by atoms with Crippen molar-refractivity contribution in [1.82, 2.24) is 19.1 Å². The van der Waals surface area contributed by atoms with Gasteiger partial charge in [-0.3, -0.25) is 0 Å². The van der Waals surface area contributed by atoms with Crippen LogP contribution in [0.25, 0.3) is 142 Å². The fraction of sp³-hybridized carbons (Fsp3) is 0.0294. The zero-order valence-electron chi connectivity index (χ0n) is 41.4. The quantitative estimate of drug-likeness (QED) is 0.123. The van der Waals surface area contributed by atoms with E-state index in [1.165, 1.54) is 24.3 Å². The summed E-state index contributed by atoms with van der Waals surface area (Å²) in [5.74, 6) is 0. The van der Waals surface area contributed by atoms with Gasteiger partial charge in [0.1, 0.15) is 11.0 Å². The number of hydrogen-bond acceptors (Lipinski definition) is 3. The molecule has 0 aliphatic carbocycles. The number of aromatic nitrogens is 4. The van der Waals surface area contributed by atoms with Gasteiger partial charge >= 0.3 is 12.4 Å². The Bertz CT molecular complexity index is 4680. The fourth-order valence-corrected chi connectivity index (χ4v) is 13.1. The summed E-state index contributed by atoms with van der Waals surface area (Å²) < 4.78 is 93.0. The summed E-state index contributed by atoms with van der Waals surface area (Å²) in [5.41, 5.74) is 8.80. The van der Waals surface area contributed by atoms with Crippen LogP contribution in [0.5, 0.6) is 0 Å². The summed E-state index contributed by atoms with van der Waals surface area (Å²) in [6, 6.07) is 71.3. The Kier molecular flexibility index (Phi) is 10.3. The normalized spacial score (nSPS) is 12.4. The van der Waals surface area contributed by atoms with Crippen molar-refractivity contribution in [3.63, 3.8) is 0 Å². The van der Waals surface area contributed by atoms with Crippen LogP contribution in [0.2, 0.25) is 0 Å². The van der Waals surface area contributed by atoms with Gasteiger partial charge in [-0.2, -0.15) is 26.3 Å². The molecule has 0 amide bonds. The van der Waals surface area contributed by atoms with Crippen LogP contribution in [-0.2, 0) is 12.4 Å². The van der Waals surface area contributed by atoms with Gasteiger partial charge in [0.15, 0.2) is 0 Å². The van der Waals surface area contributed by atoms with E-state index in [9.17, 15) is 26.3 Å². The van der Waals surface area contributed by atoms with E-state index in [0.717, 1.165) is 88.0 Å². The standard InChI is InChI=1S/C68H38F6N4S/c69-67(70,71)55-23-11-7-19-45(55)39-27-31-47-48-32-28-40(46-20-8-12-24-56(46)68(72,73)74)36-54(48)62-61(53(47)35-39)75-63-64(76-62)66(42-30-34-52-50-22-10-14-26-58(50)78(60(52)38-42)44-17-5-2-6-18-44)79-65(63)41-29-33-51-49-21-9-13-25-57(49)77(59(51)37-41)43-15-3-1-4-16-43/h1-38H. The van der Waals surface area contributed by atoms with E-state index in [1.54, 1.807) is 59.9 Å². The van der Waals surface area contributed by atoms with Gasteiger partial charge < -0.3 is 9.13 Å². The molecule has 15 rings (SSSR count). The third kappa shape index (κ3) is 7.37. The maximum atomic E-state index is 14.7. The highest BCUT2D eigenvalue weighted by atomic mass is 32.1. The number of halogens is 6. The molecule has 0 saturated carbocycles. The van der Waals surface area contributed by atoms with Crippen LogP contribution in [-0.4, -0.2) is 19.1 Å². The summed E-state index contributed by atoms with van der Waals surface area (Å²) in [7, 11) is 0. The highest BCUT2D eigenvalue weighted by Gasteiger charge is 2.35. The number of thiophene rings is 1. The minimum Gasteiger partial charge on any atom is -0.309 e. The highest BCUT2D eigenvalue weighted by molar-refractivity contribution is 7.21. The molecule has 79 heavy (non-hydrogen) atoms. The predicted octanol–water partition coefficient (Wildman–Crippen LogP) is 20.1. The summed E-state index contributed by atoms with van der Waals surface area (Å²) in [6.45, 7) is 0. The Labute approximate surface area is 450 Å². The van der Waals surface area contributed by atoms with Gasteiger partial charge in [-0.15, -0.1) is 11.3 Å². The van der Waals surface area contributed by atoms with Crippen LogP contribution in [0.15, 0.2) is 231 Å². The smallest absolute Gasteiger partial charge is 0.309 e. The van der Waals surface area contributed by atoms with Gasteiger partial charge in [-0.05, 0) is 117 Å². The number of fused-ring (bicyclic) bond motifs is 13. The van der Waals surface area contributed by atoms with Gasteiger partial charge in [0.25, 0.3) is 0 Å². The molecular formula is C68H38F6N4S.